The minimum Gasteiger partial charge on any atom is -0.508 e. The third-order valence-corrected chi connectivity index (χ3v) is 9.84. The summed E-state index contributed by atoms with van der Waals surface area (Å²) < 4.78 is 74.4. The van der Waals surface area contributed by atoms with Gasteiger partial charge in [-0.3, -0.25) is 4.21 Å². The highest BCUT2D eigenvalue weighted by Crippen LogP contribution is 2.50. The second kappa shape index (κ2) is 14.1. The van der Waals surface area contributed by atoms with E-state index in [2.05, 4.69) is 13.0 Å². The van der Waals surface area contributed by atoms with Crippen LogP contribution < -0.4 is 0 Å². The number of benzene rings is 2. The molecular formula is C31H41F5O3S. The summed E-state index contributed by atoms with van der Waals surface area (Å²) >= 11 is 0. The van der Waals surface area contributed by atoms with Gasteiger partial charge in [0.1, 0.15) is 11.5 Å². The number of aryl methyl sites for hydroxylation is 1. The zero-order chi connectivity index (χ0) is 29.4. The third kappa shape index (κ3) is 8.67. The Balaban J connectivity index is 1.38. The van der Waals surface area contributed by atoms with Gasteiger partial charge in [-0.25, -0.2) is 0 Å². The molecule has 0 heterocycles. The number of fused-ring (bicyclic) bond motifs is 1. The molecule has 1 aliphatic carbocycles. The van der Waals surface area contributed by atoms with Gasteiger partial charge in [0.25, 0.3) is 0 Å². The van der Waals surface area contributed by atoms with Crippen molar-refractivity contribution < 1.29 is 36.4 Å². The van der Waals surface area contributed by atoms with Crippen LogP contribution in [0, 0.1) is 0 Å². The highest BCUT2D eigenvalue weighted by molar-refractivity contribution is 7.84. The lowest BCUT2D eigenvalue weighted by molar-refractivity contribution is -0.284. The van der Waals surface area contributed by atoms with Crippen LogP contribution in [0.1, 0.15) is 100 Å². The SMILES string of the molecule is C[C@]1(c2ccc(O)cc2)CCc2cc(O)ccc2C1CCCCCCCCCS(=O)CCCC(F)(F)C(F)(F)F. The van der Waals surface area contributed by atoms with E-state index in [0.29, 0.717) is 18.1 Å². The van der Waals surface area contributed by atoms with Crippen molar-refractivity contribution in [3.63, 3.8) is 0 Å². The van der Waals surface area contributed by atoms with Gasteiger partial charge in [0.2, 0.25) is 0 Å². The van der Waals surface area contributed by atoms with Crippen LogP contribution in [-0.2, 0) is 22.6 Å². The van der Waals surface area contributed by atoms with Crippen LogP contribution in [0.15, 0.2) is 42.5 Å². The lowest BCUT2D eigenvalue weighted by Gasteiger charge is -2.43. The molecule has 0 bridgehead atoms. The van der Waals surface area contributed by atoms with Crippen molar-refractivity contribution in [1.82, 2.24) is 0 Å². The van der Waals surface area contributed by atoms with Gasteiger partial charge >= 0.3 is 12.1 Å². The number of halogens is 5. The van der Waals surface area contributed by atoms with E-state index in [-0.39, 0.29) is 22.7 Å². The van der Waals surface area contributed by atoms with Crippen LogP contribution in [0.4, 0.5) is 22.0 Å². The number of hydrogen-bond acceptors (Lipinski definition) is 3. The molecule has 9 heteroatoms. The molecule has 0 spiro atoms. The number of aromatic hydroxyl groups is 2. The zero-order valence-electron chi connectivity index (χ0n) is 23.1. The maximum atomic E-state index is 12.9. The Morgan fingerprint density at radius 3 is 2.05 bits per heavy atom. The largest absolute Gasteiger partial charge is 0.508 e. The number of alkyl halides is 5. The molecule has 0 aromatic heterocycles. The molecule has 0 radical (unpaired) electrons. The summed E-state index contributed by atoms with van der Waals surface area (Å²) in [7, 11) is -1.37. The zero-order valence-corrected chi connectivity index (χ0v) is 23.9. The summed E-state index contributed by atoms with van der Waals surface area (Å²) in [5.74, 6) is -3.67. The molecule has 3 atom stereocenters. The highest BCUT2D eigenvalue weighted by atomic mass is 32.2. The lowest BCUT2D eigenvalue weighted by Crippen LogP contribution is -2.36. The van der Waals surface area contributed by atoms with Crippen molar-refractivity contribution in [3.05, 3.63) is 59.2 Å². The predicted octanol–water partition coefficient (Wildman–Crippen LogP) is 8.93. The maximum absolute atomic E-state index is 12.9. The van der Waals surface area contributed by atoms with Crippen LogP contribution in [0.25, 0.3) is 0 Å². The Morgan fingerprint density at radius 2 is 1.40 bits per heavy atom. The van der Waals surface area contributed by atoms with E-state index in [9.17, 15) is 36.4 Å². The summed E-state index contributed by atoms with van der Waals surface area (Å²) in [5.41, 5.74) is 3.62. The van der Waals surface area contributed by atoms with Crippen molar-refractivity contribution in [2.75, 3.05) is 11.5 Å². The highest BCUT2D eigenvalue weighted by Gasteiger charge is 2.56. The number of phenolic OH excluding ortho intramolecular Hbond substituents is 2. The van der Waals surface area contributed by atoms with Crippen molar-refractivity contribution in [1.29, 1.82) is 0 Å². The summed E-state index contributed by atoms with van der Waals surface area (Å²) in [5, 5.41) is 19.8. The molecule has 0 saturated carbocycles. The average Bonchev–Trinajstić information content (AvgIpc) is 2.88. The Bertz CT molecular complexity index is 1100. The first-order valence-electron chi connectivity index (χ1n) is 14.2. The third-order valence-electron chi connectivity index (χ3n) is 8.35. The number of hydrogen-bond donors (Lipinski definition) is 2. The Morgan fingerprint density at radius 1 is 0.825 bits per heavy atom. The molecule has 0 saturated heterocycles. The van der Waals surface area contributed by atoms with Crippen molar-refractivity contribution >= 4 is 10.8 Å². The molecule has 2 unspecified atom stereocenters. The van der Waals surface area contributed by atoms with Gasteiger partial charge in [-0.2, -0.15) is 22.0 Å². The van der Waals surface area contributed by atoms with Gasteiger partial charge < -0.3 is 10.2 Å². The predicted molar refractivity (Wildman–Crippen MR) is 150 cm³/mol. The number of rotatable bonds is 15. The van der Waals surface area contributed by atoms with Crippen molar-refractivity contribution in [3.8, 4) is 11.5 Å². The average molecular weight is 589 g/mol. The van der Waals surface area contributed by atoms with Crippen LogP contribution in [0.3, 0.4) is 0 Å². The van der Waals surface area contributed by atoms with E-state index in [4.69, 9.17) is 0 Å². The Hall–Kier alpha value is -2.16. The second-order valence-corrected chi connectivity index (χ2v) is 13.0. The van der Waals surface area contributed by atoms with Crippen LogP contribution in [0.2, 0.25) is 0 Å². The van der Waals surface area contributed by atoms with Crippen LogP contribution >= 0.6 is 0 Å². The standard InChI is InChI=1S/C31H41F5O3S/c1-29(24-11-13-25(37)14-12-24)19-17-23-22-26(38)15-16-27(23)28(29)10-7-5-3-2-4-6-8-20-40(39)21-9-18-30(32,33)31(34,35)36/h11-16,22,28,37-38H,2-10,17-21H2,1H3/t28?,29-,40?/m1/s1. The fourth-order valence-corrected chi connectivity index (χ4v) is 7.11. The Kier molecular flexibility index (Phi) is 11.4. The lowest BCUT2D eigenvalue weighted by atomic mass is 9.60. The Labute approximate surface area is 236 Å². The number of phenols is 2. The van der Waals surface area contributed by atoms with Gasteiger partial charge in [0, 0.05) is 28.7 Å². The molecule has 1 aliphatic rings. The molecule has 224 valence electrons. The quantitative estimate of drug-likeness (QED) is 0.161. The van der Waals surface area contributed by atoms with Gasteiger partial charge in [-0.1, -0.05) is 63.6 Å². The maximum Gasteiger partial charge on any atom is 0.453 e. The summed E-state index contributed by atoms with van der Waals surface area (Å²) in [6.45, 7) is 2.30. The van der Waals surface area contributed by atoms with E-state index in [1.165, 1.54) is 16.7 Å². The van der Waals surface area contributed by atoms with Crippen molar-refractivity contribution in [2.24, 2.45) is 0 Å². The first kappa shape index (κ1) is 32.4. The molecule has 2 aromatic rings. The van der Waals surface area contributed by atoms with Gasteiger partial charge in [-0.05, 0) is 84.4 Å². The molecule has 0 amide bonds. The van der Waals surface area contributed by atoms with E-state index in [0.717, 1.165) is 57.8 Å². The molecule has 0 fully saturated rings. The van der Waals surface area contributed by atoms with Crippen LogP contribution in [0.5, 0.6) is 11.5 Å². The molecule has 3 rings (SSSR count). The molecule has 40 heavy (non-hydrogen) atoms. The fraction of sp³-hybridized carbons (Fsp3) is 0.613. The topological polar surface area (TPSA) is 57.5 Å². The summed E-state index contributed by atoms with van der Waals surface area (Å²) in [4.78, 5) is 0. The van der Waals surface area contributed by atoms with Crippen LogP contribution in [-0.4, -0.2) is 38.0 Å². The molecule has 2 aromatic carbocycles. The van der Waals surface area contributed by atoms with Gasteiger partial charge in [-0.15, -0.1) is 0 Å². The van der Waals surface area contributed by atoms with Gasteiger partial charge in [0.15, 0.2) is 0 Å². The van der Waals surface area contributed by atoms with E-state index in [1.807, 2.05) is 18.2 Å². The smallest absolute Gasteiger partial charge is 0.453 e. The van der Waals surface area contributed by atoms with Gasteiger partial charge in [0.05, 0.1) is 0 Å². The first-order valence-corrected chi connectivity index (χ1v) is 15.7. The molecule has 0 aliphatic heterocycles. The molecule has 3 nitrogen and oxygen atoms in total. The van der Waals surface area contributed by atoms with Crippen molar-refractivity contribution in [2.45, 2.75) is 107 Å². The van der Waals surface area contributed by atoms with E-state index in [1.54, 1.807) is 18.2 Å². The normalized spacial score (nSPS) is 20.3. The fourth-order valence-electron chi connectivity index (χ4n) is 5.92. The minimum atomic E-state index is -5.55. The summed E-state index contributed by atoms with van der Waals surface area (Å²) in [6.07, 6.45) is 2.36. The number of unbranched alkanes of at least 4 members (excludes halogenated alkanes) is 6. The molecule has 2 N–H and O–H groups in total. The van der Waals surface area contributed by atoms with E-state index < -0.39 is 35.7 Å². The van der Waals surface area contributed by atoms with E-state index >= 15 is 0 Å². The summed E-state index contributed by atoms with van der Waals surface area (Å²) in [6, 6.07) is 13.2. The second-order valence-electron chi connectivity index (χ2n) is 11.3. The minimum absolute atomic E-state index is 0.0734. The molecular weight excluding hydrogens is 547 g/mol. The first-order chi connectivity index (χ1) is 18.8. The monoisotopic (exact) mass is 588 g/mol.